The Morgan fingerprint density at radius 1 is 1.03 bits per heavy atom. The highest BCUT2D eigenvalue weighted by molar-refractivity contribution is 5.68. The van der Waals surface area contributed by atoms with E-state index in [1.54, 1.807) is 0 Å². The van der Waals surface area contributed by atoms with Crippen LogP contribution in [-0.4, -0.2) is 42.7 Å². The third-order valence-corrected chi connectivity index (χ3v) is 4.35. The first-order valence-corrected chi connectivity index (χ1v) is 8.90. The predicted octanol–water partition coefficient (Wildman–Crippen LogP) is 4.71. The Morgan fingerprint density at radius 3 is 2.31 bits per heavy atom. The number of ether oxygens (including phenoxy) is 3. The summed E-state index contributed by atoms with van der Waals surface area (Å²) in [5.41, 5.74) is 0.811. The second-order valence-corrected chi connectivity index (χ2v) is 6.50. The maximum absolute atomic E-state index is 13.4. The number of amides is 1. The SMILES string of the molecule is O=C(OCc1ccccc1)N1C[C@@H](Oc2ccc(OC(F)(F)F)cc2)C[C@H]1CF. The topological polar surface area (TPSA) is 48.0 Å². The van der Waals surface area contributed by atoms with Gasteiger partial charge in [-0.25, -0.2) is 9.18 Å². The first kappa shape index (κ1) is 20.8. The number of nitrogens with zero attached hydrogens (tertiary/aromatic N) is 1. The van der Waals surface area contributed by atoms with E-state index < -0.39 is 31.3 Å². The molecule has 2 aromatic rings. The minimum Gasteiger partial charge on any atom is -0.488 e. The molecule has 0 radical (unpaired) electrons. The molecule has 0 bridgehead atoms. The fraction of sp³-hybridized carbons (Fsp3) is 0.350. The van der Waals surface area contributed by atoms with Crippen molar-refractivity contribution >= 4 is 6.09 Å². The monoisotopic (exact) mass is 413 g/mol. The molecular weight excluding hydrogens is 394 g/mol. The quantitative estimate of drug-likeness (QED) is 0.644. The first-order valence-electron chi connectivity index (χ1n) is 8.90. The van der Waals surface area contributed by atoms with Crippen molar-refractivity contribution in [1.82, 2.24) is 4.90 Å². The van der Waals surface area contributed by atoms with Crippen molar-refractivity contribution in [2.45, 2.75) is 31.5 Å². The lowest BCUT2D eigenvalue weighted by Gasteiger charge is -2.21. The molecule has 2 aromatic carbocycles. The van der Waals surface area contributed by atoms with Gasteiger partial charge in [0.1, 0.15) is 30.9 Å². The lowest BCUT2D eigenvalue weighted by atomic mass is 10.2. The van der Waals surface area contributed by atoms with E-state index in [-0.39, 0.29) is 25.3 Å². The van der Waals surface area contributed by atoms with E-state index in [4.69, 9.17) is 9.47 Å². The molecule has 1 aliphatic rings. The lowest BCUT2D eigenvalue weighted by molar-refractivity contribution is -0.274. The van der Waals surface area contributed by atoms with E-state index in [2.05, 4.69) is 4.74 Å². The van der Waals surface area contributed by atoms with Crippen LogP contribution in [0.5, 0.6) is 11.5 Å². The number of alkyl halides is 4. The summed E-state index contributed by atoms with van der Waals surface area (Å²) < 4.78 is 64.7. The number of likely N-dealkylation sites (tertiary alicyclic amines) is 1. The van der Waals surface area contributed by atoms with Gasteiger partial charge in [-0.2, -0.15) is 0 Å². The molecule has 0 saturated carbocycles. The molecular formula is C20H19F4NO4. The molecule has 0 spiro atoms. The minimum atomic E-state index is -4.78. The average Bonchev–Trinajstić information content (AvgIpc) is 3.10. The highest BCUT2D eigenvalue weighted by atomic mass is 19.4. The van der Waals surface area contributed by atoms with Gasteiger partial charge in [0.25, 0.3) is 0 Å². The number of benzene rings is 2. The summed E-state index contributed by atoms with van der Waals surface area (Å²) in [6.45, 7) is -0.566. The van der Waals surface area contributed by atoms with Crippen LogP contribution in [0.2, 0.25) is 0 Å². The van der Waals surface area contributed by atoms with Gasteiger partial charge in [0.2, 0.25) is 0 Å². The zero-order valence-electron chi connectivity index (χ0n) is 15.3. The lowest BCUT2D eigenvalue weighted by Crippen LogP contribution is -2.37. The van der Waals surface area contributed by atoms with E-state index >= 15 is 0 Å². The Balaban J connectivity index is 1.55. The fourth-order valence-corrected chi connectivity index (χ4v) is 3.04. The molecule has 0 N–H and O–H groups in total. The third kappa shape index (κ3) is 6.00. The summed E-state index contributed by atoms with van der Waals surface area (Å²) in [6, 6.07) is 13.3. The zero-order chi connectivity index (χ0) is 20.9. The fourth-order valence-electron chi connectivity index (χ4n) is 3.04. The molecule has 0 unspecified atom stereocenters. The Labute approximate surface area is 164 Å². The molecule has 1 fully saturated rings. The molecule has 29 heavy (non-hydrogen) atoms. The van der Waals surface area contributed by atoms with Gasteiger partial charge in [0.15, 0.2) is 0 Å². The van der Waals surface area contributed by atoms with Crippen LogP contribution in [0.4, 0.5) is 22.4 Å². The van der Waals surface area contributed by atoms with E-state index in [9.17, 15) is 22.4 Å². The van der Waals surface area contributed by atoms with Crippen LogP contribution in [0, 0.1) is 0 Å². The van der Waals surface area contributed by atoms with Gasteiger partial charge in [-0.1, -0.05) is 30.3 Å². The third-order valence-electron chi connectivity index (χ3n) is 4.35. The van der Waals surface area contributed by atoms with Gasteiger partial charge in [-0.05, 0) is 29.8 Å². The molecule has 2 atom stereocenters. The van der Waals surface area contributed by atoms with E-state index in [0.717, 1.165) is 17.7 Å². The van der Waals surface area contributed by atoms with Gasteiger partial charge in [-0.3, -0.25) is 4.90 Å². The van der Waals surface area contributed by atoms with Crippen molar-refractivity contribution in [1.29, 1.82) is 0 Å². The number of hydrogen-bond donors (Lipinski definition) is 0. The van der Waals surface area contributed by atoms with Crippen LogP contribution in [0.15, 0.2) is 54.6 Å². The Kier molecular flexibility index (Phi) is 6.46. The summed E-state index contributed by atoms with van der Waals surface area (Å²) in [5, 5.41) is 0. The van der Waals surface area contributed by atoms with Crippen molar-refractivity contribution in [3.05, 3.63) is 60.2 Å². The van der Waals surface area contributed by atoms with Crippen LogP contribution in [-0.2, 0) is 11.3 Å². The van der Waals surface area contributed by atoms with Crippen molar-refractivity contribution < 1.29 is 36.6 Å². The van der Waals surface area contributed by atoms with E-state index in [1.807, 2.05) is 30.3 Å². The second-order valence-electron chi connectivity index (χ2n) is 6.50. The maximum Gasteiger partial charge on any atom is 0.573 e. The summed E-state index contributed by atoms with van der Waals surface area (Å²) >= 11 is 0. The van der Waals surface area contributed by atoms with Crippen molar-refractivity contribution in [2.24, 2.45) is 0 Å². The predicted molar refractivity (Wildman–Crippen MR) is 95.3 cm³/mol. The number of halogens is 4. The average molecular weight is 413 g/mol. The highest BCUT2D eigenvalue weighted by Gasteiger charge is 2.37. The van der Waals surface area contributed by atoms with Gasteiger partial charge in [-0.15, -0.1) is 13.2 Å². The van der Waals surface area contributed by atoms with Crippen molar-refractivity contribution in [3.8, 4) is 11.5 Å². The van der Waals surface area contributed by atoms with Crippen LogP contribution < -0.4 is 9.47 Å². The van der Waals surface area contributed by atoms with Crippen molar-refractivity contribution in [2.75, 3.05) is 13.2 Å². The Bertz CT molecular complexity index is 798. The summed E-state index contributed by atoms with van der Waals surface area (Å²) in [5.74, 6) is -0.0781. The number of rotatable bonds is 6. The van der Waals surface area contributed by atoms with Crippen LogP contribution >= 0.6 is 0 Å². The molecule has 0 aromatic heterocycles. The molecule has 0 aliphatic carbocycles. The van der Waals surface area contributed by atoms with Crippen LogP contribution in [0.1, 0.15) is 12.0 Å². The molecule has 1 amide bonds. The smallest absolute Gasteiger partial charge is 0.488 e. The largest absolute Gasteiger partial charge is 0.573 e. The zero-order valence-corrected chi connectivity index (χ0v) is 15.3. The summed E-state index contributed by atoms with van der Waals surface area (Å²) in [6.07, 6.45) is -5.67. The second kappa shape index (κ2) is 9.02. The normalized spacial score (nSPS) is 19.1. The van der Waals surface area contributed by atoms with E-state index in [1.165, 1.54) is 17.0 Å². The number of carbonyl (C=O) groups is 1. The van der Waals surface area contributed by atoms with Crippen LogP contribution in [0.25, 0.3) is 0 Å². The minimum absolute atomic E-state index is 0.0708. The van der Waals surface area contributed by atoms with Gasteiger partial charge in [0.05, 0.1) is 12.6 Å². The van der Waals surface area contributed by atoms with Crippen LogP contribution in [0.3, 0.4) is 0 Å². The molecule has 3 rings (SSSR count). The summed E-state index contributed by atoms with van der Waals surface area (Å²) in [4.78, 5) is 13.6. The molecule has 5 nitrogen and oxygen atoms in total. The molecule has 9 heteroatoms. The number of carbonyl (C=O) groups excluding carboxylic acids is 1. The van der Waals surface area contributed by atoms with Gasteiger partial charge in [0, 0.05) is 6.42 Å². The maximum atomic E-state index is 13.4. The molecule has 156 valence electrons. The standard InChI is InChI=1S/C20H19F4NO4/c21-11-15-10-18(28-16-6-8-17(9-7-16)29-20(22,23)24)12-25(15)19(26)27-13-14-4-2-1-3-5-14/h1-9,15,18H,10-13H2/t15-,18-/m0/s1. The molecule has 1 heterocycles. The Hall–Kier alpha value is -2.97. The highest BCUT2D eigenvalue weighted by Crippen LogP contribution is 2.28. The first-order chi connectivity index (χ1) is 13.8. The van der Waals surface area contributed by atoms with Gasteiger partial charge < -0.3 is 14.2 Å². The molecule has 1 saturated heterocycles. The number of hydrogen-bond acceptors (Lipinski definition) is 4. The Morgan fingerprint density at radius 2 is 1.69 bits per heavy atom. The van der Waals surface area contributed by atoms with Gasteiger partial charge >= 0.3 is 12.5 Å². The summed E-state index contributed by atoms with van der Waals surface area (Å²) in [7, 11) is 0. The van der Waals surface area contributed by atoms with E-state index in [0.29, 0.717) is 5.75 Å². The molecule has 1 aliphatic heterocycles. The van der Waals surface area contributed by atoms with Crippen molar-refractivity contribution in [3.63, 3.8) is 0 Å².